The van der Waals surface area contributed by atoms with Crippen LogP contribution in [0.15, 0.2) is 48.5 Å². The molecule has 2 aromatic rings. The van der Waals surface area contributed by atoms with Crippen molar-refractivity contribution in [1.29, 1.82) is 0 Å². The van der Waals surface area contributed by atoms with Crippen molar-refractivity contribution in [3.63, 3.8) is 0 Å². The molecule has 170 valence electrons. The molecule has 0 saturated carbocycles. The number of anilines is 3. The number of fused-ring (bicyclic) bond motifs is 1. The highest BCUT2D eigenvalue weighted by Gasteiger charge is 2.49. The minimum Gasteiger partial charge on any atom is -0.325 e. The number of amides is 3. The van der Waals surface area contributed by atoms with E-state index in [0.717, 1.165) is 5.56 Å². The Bertz CT molecular complexity index is 1010. The third kappa shape index (κ3) is 5.64. The van der Waals surface area contributed by atoms with Crippen LogP contribution in [-0.2, 0) is 14.4 Å². The van der Waals surface area contributed by atoms with E-state index < -0.39 is 42.9 Å². The molecule has 0 radical (unpaired) electrons. The minimum atomic E-state index is -4.81. The maximum Gasteiger partial charge on any atom is 0.409 e. The standard InChI is InChI=1S/C22H23F3N4O3/c1-14-7-9-15(10-8-14)26-20(31)12-28(2)13-21(32)29-17-6-4-3-5-16(17)27-19(30)11-18(29)22(23,24)25/h3-10,18H,11-13H2,1-2H3,(H,26,31)(H,27,30)/t18-/m1/s1. The fraction of sp³-hybridized carbons (Fsp3) is 0.318. The largest absolute Gasteiger partial charge is 0.409 e. The fourth-order valence-electron chi connectivity index (χ4n) is 3.44. The maximum absolute atomic E-state index is 13.8. The number of aryl methyl sites for hydroxylation is 1. The number of hydrogen-bond donors (Lipinski definition) is 2. The molecule has 3 rings (SSSR count). The van der Waals surface area contributed by atoms with E-state index in [-0.39, 0.29) is 17.9 Å². The molecule has 0 saturated heterocycles. The van der Waals surface area contributed by atoms with Gasteiger partial charge in [-0.05, 0) is 38.2 Å². The Kier molecular flexibility index (Phi) is 6.83. The zero-order valence-corrected chi connectivity index (χ0v) is 17.6. The zero-order valence-electron chi connectivity index (χ0n) is 17.6. The molecule has 0 fully saturated rings. The van der Waals surface area contributed by atoms with E-state index in [2.05, 4.69) is 10.6 Å². The third-order valence-electron chi connectivity index (χ3n) is 4.93. The van der Waals surface area contributed by atoms with E-state index in [1.807, 2.05) is 19.1 Å². The predicted octanol–water partition coefficient (Wildman–Crippen LogP) is 3.17. The zero-order chi connectivity index (χ0) is 23.5. The number of alkyl halides is 3. The normalized spacial score (nSPS) is 16.2. The fourth-order valence-corrected chi connectivity index (χ4v) is 3.44. The Hall–Kier alpha value is -3.40. The first-order chi connectivity index (χ1) is 15.0. The highest BCUT2D eigenvalue weighted by atomic mass is 19.4. The molecule has 32 heavy (non-hydrogen) atoms. The van der Waals surface area contributed by atoms with Gasteiger partial charge in [0.15, 0.2) is 0 Å². The summed E-state index contributed by atoms with van der Waals surface area (Å²) in [5.74, 6) is -2.12. The maximum atomic E-state index is 13.8. The average molecular weight is 448 g/mol. The third-order valence-corrected chi connectivity index (χ3v) is 4.93. The predicted molar refractivity (Wildman–Crippen MR) is 114 cm³/mol. The number of nitrogens with one attached hydrogen (secondary N) is 2. The molecule has 10 heteroatoms. The number of halogens is 3. The lowest BCUT2D eigenvalue weighted by atomic mass is 10.1. The summed E-state index contributed by atoms with van der Waals surface area (Å²) in [6.07, 6.45) is -5.73. The molecule has 2 aromatic carbocycles. The van der Waals surface area contributed by atoms with Crippen LogP contribution in [0.2, 0.25) is 0 Å². The van der Waals surface area contributed by atoms with Crippen molar-refractivity contribution in [2.75, 3.05) is 35.7 Å². The van der Waals surface area contributed by atoms with Crippen molar-refractivity contribution in [1.82, 2.24) is 4.90 Å². The number of carbonyl (C=O) groups excluding carboxylic acids is 3. The summed E-state index contributed by atoms with van der Waals surface area (Å²) in [6.45, 7) is 1.25. The van der Waals surface area contributed by atoms with Crippen molar-refractivity contribution in [3.8, 4) is 0 Å². The molecule has 1 aliphatic rings. The van der Waals surface area contributed by atoms with E-state index in [0.29, 0.717) is 10.6 Å². The van der Waals surface area contributed by atoms with Crippen molar-refractivity contribution in [2.45, 2.75) is 25.6 Å². The number of para-hydroxylation sites is 2. The second-order valence-electron chi connectivity index (χ2n) is 7.68. The van der Waals surface area contributed by atoms with Gasteiger partial charge in [-0.15, -0.1) is 0 Å². The Labute approximate surface area is 183 Å². The van der Waals surface area contributed by atoms with Crippen LogP contribution >= 0.6 is 0 Å². The van der Waals surface area contributed by atoms with E-state index in [4.69, 9.17) is 0 Å². The van der Waals surface area contributed by atoms with E-state index in [9.17, 15) is 27.6 Å². The lowest BCUT2D eigenvalue weighted by Crippen LogP contribution is -2.52. The van der Waals surface area contributed by atoms with Gasteiger partial charge in [0.1, 0.15) is 6.04 Å². The number of nitrogens with zero attached hydrogens (tertiary/aromatic N) is 2. The van der Waals surface area contributed by atoms with Gasteiger partial charge < -0.3 is 10.6 Å². The molecule has 0 aromatic heterocycles. The number of hydrogen-bond acceptors (Lipinski definition) is 4. The van der Waals surface area contributed by atoms with Crippen LogP contribution in [0.3, 0.4) is 0 Å². The highest BCUT2D eigenvalue weighted by molar-refractivity contribution is 6.05. The Morgan fingerprint density at radius 1 is 1.12 bits per heavy atom. The first-order valence-corrected chi connectivity index (χ1v) is 9.87. The summed E-state index contributed by atoms with van der Waals surface area (Å²) in [4.78, 5) is 39.2. The Balaban J connectivity index is 1.75. The van der Waals surface area contributed by atoms with Gasteiger partial charge in [-0.2, -0.15) is 13.2 Å². The molecule has 0 spiro atoms. The summed E-state index contributed by atoms with van der Waals surface area (Å²) >= 11 is 0. The lowest BCUT2D eigenvalue weighted by molar-refractivity contribution is -0.158. The highest BCUT2D eigenvalue weighted by Crippen LogP contribution is 2.37. The molecule has 1 atom stereocenters. The number of rotatable bonds is 5. The van der Waals surface area contributed by atoms with Gasteiger partial charge in [-0.1, -0.05) is 29.8 Å². The SMILES string of the molecule is Cc1ccc(NC(=O)CN(C)CC(=O)N2c3ccccc3NC(=O)C[C@@H]2C(F)(F)F)cc1. The molecule has 1 aliphatic heterocycles. The van der Waals surface area contributed by atoms with Crippen LogP contribution in [0.5, 0.6) is 0 Å². The summed E-state index contributed by atoms with van der Waals surface area (Å²) in [7, 11) is 1.46. The topological polar surface area (TPSA) is 81.8 Å². The number of carbonyl (C=O) groups is 3. The molecule has 7 nitrogen and oxygen atoms in total. The number of likely N-dealkylation sites (N-methyl/N-ethyl adjacent to an activating group) is 1. The molecule has 1 heterocycles. The molecular formula is C22H23F3N4O3. The second kappa shape index (κ2) is 9.39. The van der Waals surface area contributed by atoms with Crippen LogP contribution in [0.25, 0.3) is 0 Å². The molecule has 3 amide bonds. The van der Waals surface area contributed by atoms with Crippen LogP contribution in [-0.4, -0.2) is 55.0 Å². The number of benzene rings is 2. The van der Waals surface area contributed by atoms with E-state index >= 15 is 0 Å². The van der Waals surface area contributed by atoms with Crippen LogP contribution in [0.1, 0.15) is 12.0 Å². The van der Waals surface area contributed by atoms with Gasteiger partial charge in [0.05, 0.1) is 30.9 Å². The summed E-state index contributed by atoms with van der Waals surface area (Å²) in [6, 6.07) is 10.6. The van der Waals surface area contributed by atoms with Crippen LogP contribution in [0.4, 0.5) is 30.2 Å². The molecule has 0 aliphatic carbocycles. The molecule has 0 bridgehead atoms. The van der Waals surface area contributed by atoms with Crippen molar-refractivity contribution >= 4 is 34.8 Å². The van der Waals surface area contributed by atoms with E-state index in [1.165, 1.54) is 30.1 Å². The molecule has 0 unspecified atom stereocenters. The van der Waals surface area contributed by atoms with Crippen molar-refractivity contribution < 1.29 is 27.6 Å². The lowest BCUT2D eigenvalue weighted by Gasteiger charge is -2.32. The Morgan fingerprint density at radius 2 is 1.78 bits per heavy atom. The van der Waals surface area contributed by atoms with E-state index in [1.54, 1.807) is 18.2 Å². The van der Waals surface area contributed by atoms with Crippen LogP contribution in [0, 0.1) is 6.92 Å². The van der Waals surface area contributed by atoms with Gasteiger partial charge in [-0.3, -0.25) is 24.2 Å². The monoisotopic (exact) mass is 448 g/mol. The smallest absolute Gasteiger partial charge is 0.325 e. The minimum absolute atomic E-state index is 0.0387. The average Bonchev–Trinajstić information content (AvgIpc) is 2.85. The summed E-state index contributed by atoms with van der Waals surface area (Å²) in [5.41, 5.74) is 1.68. The van der Waals surface area contributed by atoms with Crippen molar-refractivity contribution in [2.24, 2.45) is 0 Å². The first kappa shape index (κ1) is 23.3. The second-order valence-corrected chi connectivity index (χ2v) is 7.68. The summed E-state index contributed by atoms with van der Waals surface area (Å²) < 4.78 is 41.3. The first-order valence-electron chi connectivity index (χ1n) is 9.87. The Morgan fingerprint density at radius 3 is 2.44 bits per heavy atom. The summed E-state index contributed by atoms with van der Waals surface area (Å²) in [5, 5.41) is 5.09. The molecular weight excluding hydrogens is 425 g/mol. The quantitative estimate of drug-likeness (QED) is 0.736. The van der Waals surface area contributed by atoms with Gasteiger partial charge in [-0.25, -0.2) is 0 Å². The molecule has 2 N–H and O–H groups in total. The van der Waals surface area contributed by atoms with Crippen molar-refractivity contribution in [3.05, 3.63) is 54.1 Å². The van der Waals surface area contributed by atoms with Gasteiger partial charge in [0, 0.05) is 5.69 Å². The van der Waals surface area contributed by atoms with Gasteiger partial charge in [0.2, 0.25) is 17.7 Å². The van der Waals surface area contributed by atoms with Crippen LogP contribution < -0.4 is 15.5 Å². The van der Waals surface area contributed by atoms with Gasteiger partial charge in [0.25, 0.3) is 0 Å². The van der Waals surface area contributed by atoms with Gasteiger partial charge >= 0.3 is 6.18 Å².